The Bertz CT molecular complexity index is 959. The molecule has 2 aromatic rings. The van der Waals surface area contributed by atoms with E-state index in [9.17, 15) is 19.8 Å². The first kappa shape index (κ1) is 19.1. The van der Waals surface area contributed by atoms with Gasteiger partial charge in [-0.25, -0.2) is 4.79 Å². The van der Waals surface area contributed by atoms with E-state index in [1.54, 1.807) is 18.2 Å². The second-order valence-corrected chi connectivity index (χ2v) is 6.05. The Morgan fingerprint density at radius 2 is 1.82 bits per heavy atom. The fourth-order valence-corrected chi connectivity index (χ4v) is 3.13. The number of aromatic hydroxyl groups is 2. The predicted molar refractivity (Wildman–Crippen MR) is 98.4 cm³/mol. The summed E-state index contributed by atoms with van der Waals surface area (Å²) in [5, 5.41) is 29.4. The van der Waals surface area contributed by atoms with Crippen LogP contribution in [0.1, 0.15) is 12.0 Å². The second kappa shape index (κ2) is 7.51. The lowest BCUT2D eigenvalue weighted by atomic mass is 9.93. The smallest absolute Gasteiger partial charge is 0.331 e. The summed E-state index contributed by atoms with van der Waals surface area (Å²) in [4.78, 5) is 22.8. The Morgan fingerprint density at radius 1 is 1.14 bits per heavy atom. The van der Waals surface area contributed by atoms with Gasteiger partial charge < -0.3 is 29.5 Å². The summed E-state index contributed by atoms with van der Waals surface area (Å²) < 4.78 is 15.8. The van der Waals surface area contributed by atoms with E-state index in [1.165, 1.54) is 32.4 Å². The van der Waals surface area contributed by atoms with Crippen LogP contribution >= 0.6 is 0 Å². The molecule has 2 aromatic carbocycles. The number of phenolic OH excluding ortho intramolecular Hbond substituents is 2. The molecule has 8 nitrogen and oxygen atoms in total. The summed E-state index contributed by atoms with van der Waals surface area (Å²) in [5.41, 5.74) is 1.45. The van der Waals surface area contributed by atoms with Gasteiger partial charge in [0.1, 0.15) is 17.6 Å². The van der Waals surface area contributed by atoms with Crippen LogP contribution in [0.15, 0.2) is 36.4 Å². The van der Waals surface area contributed by atoms with Crippen molar-refractivity contribution in [1.82, 2.24) is 0 Å². The molecule has 8 heteroatoms. The quantitative estimate of drug-likeness (QED) is 0.648. The van der Waals surface area contributed by atoms with Crippen LogP contribution in [0.25, 0.3) is 16.7 Å². The number of rotatable bonds is 6. The Morgan fingerprint density at radius 3 is 2.39 bits per heavy atom. The number of carboxylic acids is 1. The Kier molecular flexibility index (Phi) is 5.12. The van der Waals surface area contributed by atoms with Crippen molar-refractivity contribution in [3.05, 3.63) is 42.0 Å². The molecule has 0 bridgehead atoms. The van der Waals surface area contributed by atoms with Crippen LogP contribution in [-0.2, 0) is 14.3 Å². The minimum Gasteiger partial charge on any atom is -0.508 e. The number of benzene rings is 2. The lowest BCUT2D eigenvalue weighted by molar-refractivity contribution is -0.144. The normalized spacial score (nSPS) is 15.7. The molecule has 1 aliphatic rings. The topological polar surface area (TPSA) is 123 Å². The Balaban J connectivity index is 2.20. The van der Waals surface area contributed by atoms with Crippen LogP contribution in [-0.4, -0.2) is 47.6 Å². The highest BCUT2D eigenvalue weighted by Crippen LogP contribution is 2.49. The van der Waals surface area contributed by atoms with E-state index in [-0.39, 0.29) is 34.1 Å². The van der Waals surface area contributed by atoms with Crippen LogP contribution in [0.3, 0.4) is 0 Å². The number of carbonyl (C=O) groups is 2. The first-order chi connectivity index (χ1) is 13.3. The van der Waals surface area contributed by atoms with Crippen molar-refractivity contribution in [3.63, 3.8) is 0 Å². The highest BCUT2D eigenvalue weighted by molar-refractivity contribution is 6.00. The molecule has 3 rings (SSSR count). The number of hydrogen-bond acceptors (Lipinski definition) is 7. The van der Waals surface area contributed by atoms with Gasteiger partial charge in [0.05, 0.1) is 26.2 Å². The molecule has 0 fully saturated rings. The molecule has 0 saturated carbocycles. The number of carboxylic acid groups (broad SMARTS) is 1. The summed E-state index contributed by atoms with van der Waals surface area (Å²) in [5.74, 6) is -1.69. The summed E-state index contributed by atoms with van der Waals surface area (Å²) >= 11 is 0. The van der Waals surface area contributed by atoms with Gasteiger partial charge >= 0.3 is 11.9 Å². The molecule has 0 amide bonds. The average Bonchev–Trinajstić information content (AvgIpc) is 3.01. The molecule has 28 heavy (non-hydrogen) atoms. The van der Waals surface area contributed by atoms with Gasteiger partial charge in [0.25, 0.3) is 0 Å². The van der Waals surface area contributed by atoms with Crippen molar-refractivity contribution in [2.45, 2.75) is 12.5 Å². The molecule has 0 aromatic heterocycles. The van der Waals surface area contributed by atoms with E-state index >= 15 is 0 Å². The molecular weight excluding hydrogens is 368 g/mol. The Hall–Kier alpha value is -3.68. The number of esters is 1. The molecule has 0 spiro atoms. The molecule has 0 saturated heterocycles. The summed E-state index contributed by atoms with van der Waals surface area (Å²) in [6.45, 7) is 0. The molecule has 0 unspecified atom stereocenters. The van der Waals surface area contributed by atoms with Gasteiger partial charge in [0.15, 0.2) is 11.5 Å². The second-order valence-electron chi connectivity index (χ2n) is 6.05. The van der Waals surface area contributed by atoms with Gasteiger partial charge in [-0.3, -0.25) is 4.79 Å². The van der Waals surface area contributed by atoms with Crippen LogP contribution < -0.4 is 9.47 Å². The molecule has 1 aliphatic heterocycles. The number of methoxy groups -OCH3 is 2. The molecule has 1 atom stereocenters. The molecular formula is C20H18O8. The van der Waals surface area contributed by atoms with Crippen LogP contribution in [0.5, 0.6) is 23.0 Å². The minimum atomic E-state index is -1.14. The number of ether oxygens (including phenoxy) is 3. The van der Waals surface area contributed by atoms with Crippen molar-refractivity contribution in [1.29, 1.82) is 0 Å². The van der Waals surface area contributed by atoms with E-state index in [0.29, 0.717) is 11.1 Å². The third-order valence-electron chi connectivity index (χ3n) is 4.35. The third-order valence-corrected chi connectivity index (χ3v) is 4.35. The average molecular weight is 386 g/mol. The fraction of sp³-hybridized carbons (Fsp3) is 0.200. The van der Waals surface area contributed by atoms with Gasteiger partial charge in [-0.2, -0.15) is 0 Å². The number of aliphatic carboxylic acids is 1. The SMILES string of the molecule is COc1cc(C2=CC(=O)O[C@H]2CC(=O)O)c(OC)c(O)c1-c1ccc(O)cc1. The van der Waals surface area contributed by atoms with E-state index < -0.39 is 24.5 Å². The zero-order chi connectivity index (χ0) is 20.4. The highest BCUT2D eigenvalue weighted by atomic mass is 16.5. The maximum atomic E-state index is 11.7. The first-order valence-corrected chi connectivity index (χ1v) is 8.27. The standard InChI is InChI=1S/C20H18O8/c1-26-15-7-13(12-8-17(24)28-14(12)9-16(22)23)20(27-2)19(25)18(15)10-3-5-11(21)6-4-10/h3-8,14,21,25H,9H2,1-2H3,(H,22,23)/t14-/m0/s1. The third kappa shape index (κ3) is 3.44. The maximum absolute atomic E-state index is 11.7. The molecule has 146 valence electrons. The van der Waals surface area contributed by atoms with Crippen LogP contribution in [0, 0.1) is 0 Å². The molecule has 1 heterocycles. The number of cyclic esters (lactones) is 1. The van der Waals surface area contributed by atoms with Crippen LogP contribution in [0.2, 0.25) is 0 Å². The lowest BCUT2D eigenvalue weighted by Gasteiger charge is -2.20. The molecule has 0 radical (unpaired) electrons. The summed E-state index contributed by atoms with van der Waals surface area (Å²) in [6, 6.07) is 7.66. The molecule has 0 aliphatic carbocycles. The van der Waals surface area contributed by atoms with Gasteiger partial charge in [0.2, 0.25) is 0 Å². The van der Waals surface area contributed by atoms with E-state index in [4.69, 9.17) is 19.3 Å². The number of carbonyl (C=O) groups excluding carboxylic acids is 1. The van der Waals surface area contributed by atoms with Gasteiger partial charge in [0, 0.05) is 17.2 Å². The van der Waals surface area contributed by atoms with Gasteiger partial charge in [-0.05, 0) is 23.8 Å². The summed E-state index contributed by atoms with van der Waals surface area (Å²) in [7, 11) is 2.75. The van der Waals surface area contributed by atoms with E-state index in [0.717, 1.165) is 0 Å². The van der Waals surface area contributed by atoms with E-state index in [1.807, 2.05) is 0 Å². The van der Waals surface area contributed by atoms with Gasteiger partial charge in [-0.1, -0.05) is 12.1 Å². The Labute approximate surface area is 160 Å². The van der Waals surface area contributed by atoms with Crippen molar-refractivity contribution < 1.29 is 39.1 Å². The highest BCUT2D eigenvalue weighted by Gasteiger charge is 2.33. The first-order valence-electron chi connectivity index (χ1n) is 8.27. The summed E-state index contributed by atoms with van der Waals surface area (Å²) in [6.07, 6.45) is -0.267. The lowest BCUT2D eigenvalue weighted by Crippen LogP contribution is -2.16. The predicted octanol–water partition coefficient (Wildman–Crippen LogP) is 2.57. The fourth-order valence-electron chi connectivity index (χ4n) is 3.13. The van der Waals surface area contributed by atoms with Crippen LogP contribution in [0.4, 0.5) is 0 Å². The zero-order valence-corrected chi connectivity index (χ0v) is 15.1. The minimum absolute atomic E-state index is 0.0452. The van der Waals surface area contributed by atoms with Crippen molar-refractivity contribution in [2.24, 2.45) is 0 Å². The number of hydrogen-bond donors (Lipinski definition) is 3. The van der Waals surface area contributed by atoms with Crippen molar-refractivity contribution in [2.75, 3.05) is 14.2 Å². The number of phenols is 2. The zero-order valence-electron chi connectivity index (χ0n) is 15.1. The van der Waals surface area contributed by atoms with Crippen molar-refractivity contribution >= 4 is 17.5 Å². The van der Waals surface area contributed by atoms with Gasteiger partial charge in [-0.15, -0.1) is 0 Å². The maximum Gasteiger partial charge on any atom is 0.331 e. The monoisotopic (exact) mass is 386 g/mol. The largest absolute Gasteiger partial charge is 0.508 e. The van der Waals surface area contributed by atoms with Crippen molar-refractivity contribution in [3.8, 4) is 34.1 Å². The van der Waals surface area contributed by atoms with E-state index in [2.05, 4.69) is 0 Å². The molecule has 3 N–H and O–H groups in total.